The Bertz CT molecular complexity index is 656. The first-order valence-electron chi connectivity index (χ1n) is 6.97. The van der Waals surface area contributed by atoms with E-state index < -0.39 is 0 Å². The van der Waals surface area contributed by atoms with Gasteiger partial charge in [0.15, 0.2) is 0 Å². The Balaban J connectivity index is 1.99. The number of aryl methyl sites for hydroxylation is 1. The van der Waals surface area contributed by atoms with E-state index in [-0.39, 0.29) is 11.9 Å². The van der Waals surface area contributed by atoms with Gasteiger partial charge in [-0.05, 0) is 44.2 Å². The Kier molecular flexibility index (Phi) is 5.28. The van der Waals surface area contributed by atoms with E-state index in [0.717, 1.165) is 5.69 Å². The molecule has 0 aromatic heterocycles. The maximum absolute atomic E-state index is 12.2. The van der Waals surface area contributed by atoms with E-state index in [9.17, 15) is 4.79 Å². The standard InChI is InChI=1S/C17H19ClN2O2/c1-11-4-6-13(7-5-11)19-12(2)17(21)20-14-8-9-16(22-3)15(18)10-14/h4-10,12,19H,1-3H3,(H,20,21). The third-order valence-corrected chi connectivity index (χ3v) is 3.54. The highest BCUT2D eigenvalue weighted by Gasteiger charge is 2.13. The molecule has 2 N–H and O–H groups in total. The third kappa shape index (κ3) is 4.15. The summed E-state index contributed by atoms with van der Waals surface area (Å²) in [4.78, 5) is 12.2. The summed E-state index contributed by atoms with van der Waals surface area (Å²) in [5, 5.41) is 6.44. The Morgan fingerprint density at radius 3 is 2.36 bits per heavy atom. The second-order valence-corrected chi connectivity index (χ2v) is 5.48. The lowest BCUT2D eigenvalue weighted by atomic mass is 10.2. The van der Waals surface area contributed by atoms with Gasteiger partial charge < -0.3 is 15.4 Å². The second kappa shape index (κ2) is 7.18. The molecule has 22 heavy (non-hydrogen) atoms. The first-order chi connectivity index (χ1) is 10.5. The quantitative estimate of drug-likeness (QED) is 0.872. The summed E-state index contributed by atoms with van der Waals surface area (Å²) in [5.41, 5.74) is 2.71. The number of amides is 1. The van der Waals surface area contributed by atoms with Crippen molar-refractivity contribution in [3.05, 3.63) is 53.1 Å². The number of ether oxygens (including phenoxy) is 1. The van der Waals surface area contributed by atoms with E-state index in [1.54, 1.807) is 32.2 Å². The molecule has 116 valence electrons. The lowest BCUT2D eigenvalue weighted by Gasteiger charge is -2.16. The minimum Gasteiger partial charge on any atom is -0.495 e. The van der Waals surface area contributed by atoms with Crippen molar-refractivity contribution in [2.75, 3.05) is 17.7 Å². The number of hydrogen-bond donors (Lipinski definition) is 2. The molecular weight excluding hydrogens is 300 g/mol. The number of nitrogens with one attached hydrogen (secondary N) is 2. The topological polar surface area (TPSA) is 50.4 Å². The summed E-state index contributed by atoms with van der Waals surface area (Å²) in [7, 11) is 1.55. The first-order valence-corrected chi connectivity index (χ1v) is 7.35. The second-order valence-electron chi connectivity index (χ2n) is 5.07. The van der Waals surface area contributed by atoms with Gasteiger partial charge >= 0.3 is 0 Å². The zero-order valence-electron chi connectivity index (χ0n) is 12.8. The van der Waals surface area contributed by atoms with Gasteiger partial charge in [0.05, 0.1) is 12.1 Å². The molecule has 0 radical (unpaired) electrons. The van der Waals surface area contributed by atoms with Gasteiger partial charge in [0.25, 0.3) is 0 Å². The lowest BCUT2D eigenvalue weighted by molar-refractivity contribution is -0.116. The van der Waals surface area contributed by atoms with Crippen LogP contribution in [-0.2, 0) is 4.79 Å². The maximum Gasteiger partial charge on any atom is 0.246 e. The molecule has 2 aromatic rings. The number of hydrogen-bond acceptors (Lipinski definition) is 3. The van der Waals surface area contributed by atoms with Gasteiger partial charge in [-0.3, -0.25) is 4.79 Å². The van der Waals surface area contributed by atoms with Gasteiger partial charge in [-0.1, -0.05) is 29.3 Å². The summed E-state index contributed by atoms with van der Waals surface area (Å²) in [6, 6.07) is 12.6. The number of methoxy groups -OCH3 is 1. The zero-order valence-corrected chi connectivity index (χ0v) is 13.6. The molecule has 1 amide bonds. The molecule has 1 unspecified atom stereocenters. The molecule has 0 aliphatic carbocycles. The summed E-state index contributed by atoms with van der Waals surface area (Å²) in [6.45, 7) is 3.83. The molecule has 2 rings (SSSR count). The van der Waals surface area contributed by atoms with Crippen LogP contribution in [0.4, 0.5) is 11.4 Å². The van der Waals surface area contributed by atoms with Crippen LogP contribution in [0, 0.1) is 6.92 Å². The largest absolute Gasteiger partial charge is 0.495 e. The predicted octanol–water partition coefficient (Wildman–Crippen LogP) is 4.10. The van der Waals surface area contributed by atoms with E-state index in [4.69, 9.17) is 16.3 Å². The number of halogens is 1. The minimum absolute atomic E-state index is 0.137. The molecule has 4 nitrogen and oxygen atoms in total. The van der Waals surface area contributed by atoms with Crippen molar-refractivity contribution in [3.8, 4) is 5.75 Å². The third-order valence-electron chi connectivity index (χ3n) is 3.25. The number of anilines is 2. The normalized spacial score (nSPS) is 11.6. The van der Waals surface area contributed by atoms with Crippen molar-refractivity contribution in [3.63, 3.8) is 0 Å². The van der Waals surface area contributed by atoms with Crippen LogP contribution in [0.25, 0.3) is 0 Å². The molecule has 0 bridgehead atoms. The summed E-state index contributed by atoms with van der Waals surface area (Å²) >= 11 is 6.05. The molecular formula is C17H19ClN2O2. The van der Waals surface area contributed by atoms with Crippen molar-refractivity contribution in [2.45, 2.75) is 19.9 Å². The SMILES string of the molecule is COc1ccc(NC(=O)C(C)Nc2ccc(C)cc2)cc1Cl. The molecule has 5 heteroatoms. The maximum atomic E-state index is 12.2. The molecule has 1 atom stereocenters. The lowest BCUT2D eigenvalue weighted by Crippen LogP contribution is -2.31. The van der Waals surface area contributed by atoms with Crippen LogP contribution in [0.5, 0.6) is 5.75 Å². The van der Waals surface area contributed by atoms with Crippen LogP contribution in [-0.4, -0.2) is 19.1 Å². The van der Waals surface area contributed by atoms with E-state index in [1.807, 2.05) is 31.2 Å². The molecule has 0 saturated carbocycles. The summed E-state index contributed by atoms with van der Waals surface area (Å²) in [6.07, 6.45) is 0. The Morgan fingerprint density at radius 1 is 1.14 bits per heavy atom. The minimum atomic E-state index is -0.372. The summed E-state index contributed by atoms with van der Waals surface area (Å²) in [5.74, 6) is 0.437. The Morgan fingerprint density at radius 2 is 1.77 bits per heavy atom. The number of carbonyl (C=O) groups is 1. The Labute approximate surface area is 135 Å². The van der Waals surface area contributed by atoms with Crippen LogP contribution >= 0.6 is 11.6 Å². The van der Waals surface area contributed by atoms with Gasteiger partial charge in [0.1, 0.15) is 11.8 Å². The number of benzene rings is 2. The fraction of sp³-hybridized carbons (Fsp3) is 0.235. The van der Waals surface area contributed by atoms with E-state index in [1.165, 1.54) is 5.56 Å². The smallest absolute Gasteiger partial charge is 0.246 e. The first kappa shape index (κ1) is 16.2. The molecule has 0 aliphatic rings. The number of carbonyl (C=O) groups excluding carboxylic acids is 1. The van der Waals surface area contributed by atoms with Crippen LogP contribution in [0.3, 0.4) is 0 Å². The molecule has 0 heterocycles. The molecule has 2 aromatic carbocycles. The van der Waals surface area contributed by atoms with E-state index in [2.05, 4.69) is 10.6 Å². The van der Waals surface area contributed by atoms with Gasteiger partial charge in [0.2, 0.25) is 5.91 Å². The van der Waals surface area contributed by atoms with Crippen LogP contribution in [0.2, 0.25) is 5.02 Å². The van der Waals surface area contributed by atoms with E-state index >= 15 is 0 Å². The van der Waals surface area contributed by atoms with E-state index in [0.29, 0.717) is 16.5 Å². The van der Waals surface area contributed by atoms with Crippen molar-refractivity contribution in [2.24, 2.45) is 0 Å². The van der Waals surface area contributed by atoms with Crippen molar-refractivity contribution in [1.29, 1.82) is 0 Å². The molecule has 0 spiro atoms. The highest BCUT2D eigenvalue weighted by Crippen LogP contribution is 2.27. The van der Waals surface area contributed by atoms with Gasteiger partial charge in [-0.15, -0.1) is 0 Å². The fourth-order valence-electron chi connectivity index (χ4n) is 1.96. The van der Waals surface area contributed by atoms with Crippen LogP contribution in [0.15, 0.2) is 42.5 Å². The van der Waals surface area contributed by atoms with Crippen molar-refractivity contribution in [1.82, 2.24) is 0 Å². The highest BCUT2D eigenvalue weighted by atomic mass is 35.5. The zero-order chi connectivity index (χ0) is 16.1. The van der Waals surface area contributed by atoms with Crippen LogP contribution < -0.4 is 15.4 Å². The van der Waals surface area contributed by atoms with Crippen molar-refractivity contribution < 1.29 is 9.53 Å². The Hall–Kier alpha value is -2.20. The number of rotatable bonds is 5. The average Bonchev–Trinajstić information content (AvgIpc) is 2.49. The molecule has 0 saturated heterocycles. The highest BCUT2D eigenvalue weighted by molar-refractivity contribution is 6.32. The van der Waals surface area contributed by atoms with Gasteiger partial charge in [-0.25, -0.2) is 0 Å². The van der Waals surface area contributed by atoms with Crippen molar-refractivity contribution >= 4 is 28.9 Å². The molecule has 0 fully saturated rings. The average molecular weight is 319 g/mol. The monoisotopic (exact) mass is 318 g/mol. The summed E-state index contributed by atoms with van der Waals surface area (Å²) < 4.78 is 5.08. The fourth-order valence-corrected chi connectivity index (χ4v) is 2.22. The van der Waals surface area contributed by atoms with Gasteiger partial charge in [-0.2, -0.15) is 0 Å². The molecule has 0 aliphatic heterocycles. The predicted molar refractivity (Wildman–Crippen MR) is 90.9 cm³/mol. The van der Waals surface area contributed by atoms with Gasteiger partial charge in [0, 0.05) is 11.4 Å². The van der Waals surface area contributed by atoms with Crippen LogP contribution in [0.1, 0.15) is 12.5 Å².